The lowest BCUT2D eigenvalue weighted by Gasteiger charge is -2.17. The largest absolute Gasteiger partial charge is 0.325 e. The third-order valence-corrected chi connectivity index (χ3v) is 4.28. The summed E-state index contributed by atoms with van der Waals surface area (Å²) >= 11 is 6.02. The highest BCUT2D eigenvalue weighted by Crippen LogP contribution is 2.20. The van der Waals surface area contributed by atoms with Crippen LogP contribution in [0.2, 0.25) is 5.02 Å². The molecule has 0 spiro atoms. The maximum Gasteiger partial charge on any atom is 0.238 e. The van der Waals surface area contributed by atoms with Gasteiger partial charge in [0, 0.05) is 18.7 Å². The van der Waals surface area contributed by atoms with Crippen molar-refractivity contribution in [1.29, 1.82) is 0 Å². The van der Waals surface area contributed by atoms with Crippen molar-refractivity contribution in [2.75, 3.05) is 30.8 Å². The van der Waals surface area contributed by atoms with Crippen molar-refractivity contribution in [3.8, 4) is 0 Å². The Labute approximate surface area is 159 Å². The zero-order valence-electron chi connectivity index (χ0n) is 15.1. The molecule has 0 fully saturated rings. The van der Waals surface area contributed by atoms with E-state index < -0.39 is 0 Å². The Morgan fingerprint density at radius 3 is 2.27 bits per heavy atom. The molecule has 0 aliphatic carbocycles. The van der Waals surface area contributed by atoms with Crippen LogP contribution in [0.1, 0.15) is 18.9 Å². The number of carbonyl (C=O) groups excluding carboxylic acids is 2. The second-order valence-corrected chi connectivity index (χ2v) is 6.48. The van der Waals surface area contributed by atoms with E-state index in [2.05, 4.69) is 17.6 Å². The van der Waals surface area contributed by atoms with Crippen LogP contribution in [0.3, 0.4) is 0 Å². The van der Waals surface area contributed by atoms with Gasteiger partial charge in [0.25, 0.3) is 0 Å². The molecule has 2 rings (SSSR count). The fourth-order valence-corrected chi connectivity index (χ4v) is 2.72. The van der Waals surface area contributed by atoms with E-state index in [0.29, 0.717) is 17.3 Å². The van der Waals surface area contributed by atoms with Crippen molar-refractivity contribution in [2.45, 2.75) is 19.8 Å². The van der Waals surface area contributed by atoms with Gasteiger partial charge < -0.3 is 10.6 Å². The minimum Gasteiger partial charge on any atom is -0.325 e. The van der Waals surface area contributed by atoms with Crippen molar-refractivity contribution in [1.82, 2.24) is 4.90 Å². The van der Waals surface area contributed by atoms with Gasteiger partial charge >= 0.3 is 0 Å². The van der Waals surface area contributed by atoms with Crippen molar-refractivity contribution in [2.24, 2.45) is 0 Å². The van der Waals surface area contributed by atoms with Gasteiger partial charge in [-0.2, -0.15) is 0 Å². The van der Waals surface area contributed by atoms with Crippen LogP contribution in [0.15, 0.2) is 48.5 Å². The molecule has 0 aliphatic heterocycles. The number of rotatable bonds is 8. The van der Waals surface area contributed by atoms with Crippen molar-refractivity contribution < 1.29 is 9.59 Å². The molecule has 2 amide bonds. The van der Waals surface area contributed by atoms with E-state index >= 15 is 0 Å². The Bertz CT molecular complexity index is 764. The Hall–Kier alpha value is -2.37. The van der Waals surface area contributed by atoms with Crippen LogP contribution < -0.4 is 10.6 Å². The van der Waals surface area contributed by atoms with Crippen molar-refractivity contribution in [3.63, 3.8) is 0 Å². The summed E-state index contributed by atoms with van der Waals surface area (Å²) in [5.41, 5.74) is 2.53. The van der Waals surface area contributed by atoms with E-state index in [1.54, 1.807) is 18.2 Å². The Morgan fingerprint density at radius 1 is 0.962 bits per heavy atom. The lowest BCUT2D eigenvalue weighted by atomic mass is 10.1. The van der Waals surface area contributed by atoms with E-state index in [0.717, 1.165) is 17.7 Å². The zero-order chi connectivity index (χ0) is 18.9. The normalized spacial score (nSPS) is 10.6. The number of hydrogen-bond donors (Lipinski definition) is 2. The highest BCUT2D eigenvalue weighted by Gasteiger charge is 2.11. The van der Waals surface area contributed by atoms with Crippen LogP contribution in [0.4, 0.5) is 11.4 Å². The van der Waals surface area contributed by atoms with Crippen LogP contribution in [0.5, 0.6) is 0 Å². The summed E-state index contributed by atoms with van der Waals surface area (Å²) in [5, 5.41) is 6.21. The number of hydrogen-bond acceptors (Lipinski definition) is 3. The van der Waals surface area contributed by atoms with Gasteiger partial charge in [0.15, 0.2) is 0 Å². The van der Waals surface area contributed by atoms with Crippen LogP contribution in [0.25, 0.3) is 0 Å². The number of nitrogens with zero attached hydrogens (tertiary/aromatic N) is 1. The van der Waals surface area contributed by atoms with Crippen LogP contribution in [-0.2, 0) is 16.0 Å². The number of para-hydroxylation sites is 2. The Balaban J connectivity index is 1.77. The first-order valence-electron chi connectivity index (χ1n) is 8.60. The highest BCUT2D eigenvalue weighted by molar-refractivity contribution is 6.33. The number of aryl methyl sites for hydroxylation is 1. The molecule has 0 saturated carbocycles. The van der Waals surface area contributed by atoms with Gasteiger partial charge in [-0.3, -0.25) is 14.5 Å². The summed E-state index contributed by atoms with van der Waals surface area (Å²) in [5.74, 6) is -0.235. The zero-order valence-corrected chi connectivity index (χ0v) is 15.8. The molecule has 0 atom stereocenters. The number of nitrogens with one attached hydrogen (secondary N) is 2. The average molecular weight is 374 g/mol. The predicted octanol–water partition coefficient (Wildman–Crippen LogP) is 3.80. The predicted molar refractivity (Wildman–Crippen MR) is 107 cm³/mol. The molecule has 0 bridgehead atoms. The first kappa shape index (κ1) is 19.9. The van der Waals surface area contributed by atoms with Crippen LogP contribution >= 0.6 is 11.6 Å². The SMILES string of the molecule is CCc1ccccc1NC(=O)CN(C)CCC(=O)Nc1ccccc1Cl. The molecule has 0 saturated heterocycles. The van der Waals surface area contributed by atoms with Gasteiger partial charge in [0.05, 0.1) is 17.3 Å². The summed E-state index contributed by atoms with van der Waals surface area (Å²) in [6.45, 7) is 2.74. The molecule has 0 aromatic heterocycles. The first-order chi connectivity index (χ1) is 12.5. The van der Waals surface area contributed by atoms with Crippen molar-refractivity contribution in [3.05, 3.63) is 59.1 Å². The lowest BCUT2D eigenvalue weighted by molar-refractivity contribution is -0.119. The summed E-state index contributed by atoms with van der Waals surface area (Å²) in [6, 6.07) is 14.8. The number of halogens is 1. The highest BCUT2D eigenvalue weighted by atomic mass is 35.5. The molecule has 2 aromatic carbocycles. The molecule has 5 nitrogen and oxygen atoms in total. The molecule has 0 radical (unpaired) electrons. The smallest absolute Gasteiger partial charge is 0.238 e. The van der Waals surface area contributed by atoms with Gasteiger partial charge in [-0.15, -0.1) is 0 Å². The fourth-order valence-electron chi connectivity index (χ4n) is 2.53. The van der Waals surface area contributed by atoms with Gasteiger partial charge in [-0.1, -0.05) is 48.9 Å². The summed E-state index contributed by atoms with van der Waals surface area (Å²) < 4.78 is 0. The number of carbonyl (C=O) groups is 2. The van der Waals surface area contributed by atoms with Crippen molar-refractivity contribution >= 4 is 34.8 Å². The molecular formula is C20H24ClN3O2. The molecule has 138 valence electrons. The molecule has 2 N–H and O–H groups in total. The third-order valence-electron chi connectivity index (χ3n) is 3.95. The summed E-state index contributed by atoms with van der Waals surface area (Å²) in [7, 11) is 1.81. The number of benzene rings is 2. The van der Waals surface area contributed by atoms with Gasteiger partial charge in [0.1, 0.15) is 0 Å². The fraction of sp³-hybridized carbons (Fsp3) is 0.300. The Kier molecular flexibility index (Phi) is 7.63. The van der Waals surface area contributed by atoms with E-state index in [9.17, 15) is 9.59 Å². The van der Waals surface area contributed by atoms with E-state index in [1.165, 1.54) is 0 Å². The van der Waals surface area contributed by atoms with Crippen LogP contribution in [0, 0.1) is 0 Å². The molecule has 6 heteroatoms. The standard InChI is InChI=1S/C20H24ClN3O2/c1-3-15-8-4-6-10-17(15)22-20(26)14-24(2)13-12-19(25)23-18-11-7-5-9-16(18)21/h4-11H,3,12-14H2,1-2H3,(H,22,26)(H,23,25). The average Bonchev–Trinajstić information content (AvgIpc) is 2.62. The Morgan fingerprint density at radius 2 is 1.58 bits per heavy atom. The minimum absolute atomic E-state index is 0.0973. The maximum absolute atomic E-state index is 12.2. The monoisotopic (exact) mass is 373 g/mol. The second kappa shape index (κ2) is 9.94. The molecular weight excluding hydrogens is 350 g/mol. The van der Waals surface area contributed by atoms with E-state index in [1.807, 2.05) is 42.3 Å². The summed E-state index contributed by atoms with van der Waals surface area (Å²) in [6.07, 6.45) is 1.13. The van der Waals surface area contributed by atoms with E-state index in [4.69, 9.17) is 11.6 Å². The molecule has 26 heavy (non-hydrogen) atoms. The number of anilines is 2. The van der Waals surface area contributed by atoms with E-state index in [-0.39, 0.29) is 24.8 Å². The lowest BCUT2D eigenvalue weighted by Crippen LogP contribution is -2.32. The topological polar surface area (TPSA) is 61.4 Å². The van der Waals surface area contributed by atoms with Gasteiger partial charge in [-0.05, 0) is 37.2 Å². The maximum atomic E-state index is 12.2. The molecule has 0 heterocycles. The van der Waals surface area contributed by atoms with Gasteiger partial charge in [-0.25, -0.2) is 0 Å². The molecule has 0 aliphatic rings. The third kappa shape index (κ3) is 6.17. The molecule has 2 aromatic rings. The minimum atomic E-state index is -0.137. The summed E-state index contributed by atoms with van der Waals surface area (Å²) in [4.78, 5) is 26.0. The second-order valence-electron chi connectivity index (χ2n) is 6.07. The molecule has 0 unspecified atom stereocenters. The number of amides is 2. The first-order valence-corrected chi connectivity index (χ1v) is 8.98. The van der Waals surface area contributed by atoms with Crippen LogP contribution in [-0.4, -0.2) is 36.9 Å². The van der Waals surface area contributed by atoms with Gasteiger partial charge in [0.2, 0.25) is 11.8 Å². The number of likely N-dealkylation sites (N-methyl/N-ethyl adjacent to an activating group) is 1. The quantitative estimate of drug-likeness (QED) is 0.739.